The Bertz CT molecular complexity index is 248. The van der Waals surface area contributed by atoms with Crippen LogP contribution >= 0.6 is 15.9 Å². The first-order chi connectivity index (χ1) is 4.61. The van der Waals surface area contributed by atoms with Crippen LogP contribution in [0.15, 0.2) is 10.7 Å². The molecule has 1 rings (SSSR count). The van der Waals surface area contributed by atoms with E-state index < -0.39 is 5.91 Å². The minimum atomic E-state index is -0.513. The van der Waals surface area contributed by atoms with Gasteiger partial charge < -0.3 is 5.73 Å². The third kappa shape index (κ3) is 1.18. The standard InChI is InChI=1S/C5H6BrN3O/c1-9-4(6)2-3(8-9)5(7)10/h2H,1H3,(H2,7,10). The lowest BCUT2D eigenvalue weighted by Crippen LogP contribution is -2.11. The molecule has 0 unspecified atom stereocenters. The summed E-state index contributed by atoms with van der Waals surface area (Å²) >= 11 is 3.18. The SMILES string of the molecule is Cn1nc(C(N)=O)cc1Br. The van der Waals surface area contributed by atoms with Crippen molar-refractivity contribution < 1.29 is 4.79 Å². The number of hydrogen-bond donors (Lipinski definition) is 1. The Labute approximate surface area is 66.1 Å². The molecule has 4 nitrogen and oxygen atoms in total. The van der Waals surface area contributed by atoms with Gasteiger partial charge in [0.2, 0.25) is 0 Å². The average Bonchev–Trinajstić information content (AvgIpc) is 2.13. The largest absolute Gasteiger partial charge is 0.364 e. The molecule has 10 heavy (non-hydrogen) atoms. The number of primary amides is 1. The Morgan fingerprint density at radius 2 is 2.50 bits per heavy atom. The quantitative estimate of drug-likeness (QED) is 0.714. The molecular formula is C5H6BrN3O. The molecule has 0 bridgehead atoms. The van der Waals surface area contributed by atoms with Gasteiger partial charge in [-0.2, -0.15) is 5.10 Å². The second-order valence-electron chi connectivity index (χ2n) is 1.84. The number of carbonyl (C=O) groups is 1. The highest BCUT2D eigenvalue weighted by Crippen LogP contribution is 2.08. The summed E-state index contributed by atoms with van der Waals surface area (Å²) in [6.07, 6.45) is 0. The minimum Gasteiger partial charge on any atom is -0.364 e. The third-order valence-electron chi connectivity index (χ3n) is 1.08. The number of nitrogens with zero attached hydrogens (tertiary/aromatic N) is 2. The van der Waals surface area contributed by atoms with Gasteiger partial charge in [-0.1, -0.05) is 0 Å². The van der Waals surface area contributed by atoms with Gasteiger partial charge in [0.15, 0.2) is 5.69 Å². The van der Waals surface area contributed by atoms with E-state index in [-0.39, 0.29) is 5.69 Å². The zero-order chi connectivity index (χ0) is 7.72. The zero-order valence-corrected chi connectivity index (χ0v) is 6.92. The second kappa shape index (κ2) is 2.42. The van der Waals surface area contributed by atoms with E-state index in [2.05, 4.69) is 21.0 Å². The first-order valence-corrected chi connectivity index (χ1v) is 3.40. The van der Waals surface area contributed by atoms with Gasteiger partial charge in [0.1, 0.15) is 4.60 Å². The van der Waals surface area contributed by atoms with E-state index in [0.29, 0.717) is 0 Å². The van der Waals surface area contributed by atoms with Crippen molar-refractivity contribution in [2.24, 2.45) is 12.8 Å². The van der Waals surface area contributed by atoms with E-state index in [1.54, 1.807) is 13.1 Å². The van der Waals surface area contributed by atoms with Crippen molar-refractivity contribution in [3.8, 4) is 0 Å². The van der Waals surface area contributed by atoms with Crippen LogP contribution in [0.3, 0.4) is 0 Å². The summed E-state index contributed by atoms with van der Waals surface area (Å²) < 4.78 is 2.27. The minimum absolute atomic E-state index is 0.273. The molecule has 54 valence electrons. The van der Waals surface area contributed by atoms with Gasteiger partial charge in [-0.05, 0) is 15.9 Å². The van der Waals surface area contributed by atoms with E-state index in [1.807, 2.05) is 0 Å². The second-order valence-corrected chi connectivity index (χ2v) is 2.65. The molecule has 0 saturated carbocycles. The summed E-state index contributed by atoms with van der Waals surface area (Å²) in [5.41, 5.74) is 5.23. The summed E-state index contributed by atoms with van der Waals surface area (Å²) in [5, 5.41) is 3.80. The summed E-state index contributed by atoms with van der Waals surface area (Å²) in [5.74, 6) is -0.513. The van der Waals surface area contributed by atoms with Crippen molar-refractivity contribution in [2.75, 3.05) is 0 Å². The Balaban J connectivity index is 3.10. The van der Waals surface area contributed by atoms with Crippen molar-refractivity contribution in [2.45, 2.75) is 0 Å². The number of halogens is 1. The predicted octanol–water partition coefficient (Wildman–Crippen LogP) is 0.281. The van der Waals surface area contributed by atoms with E-state index in [9.17, 15) is 4.79 Å². The molecule has 0 aliphatic rings. The molecule has 0 aromatic carbocycles. The highest BCUT2D eigenvalue weighted by Gasteiger charge is 2.05. The number of carbonyl (C=O) groups excluding carboxylic acids is 1. The normalized spacial score (nSPS) is 9.80. The molecule has 0 fully saturated rings. The topological polar surface area (TPSA) is 60.9 Å². The fourth-order valence-electron chi connectivity index (χ4n) is 0.565. The van der Waals surface area contributed by atoms with Crippen LogP contribution in [0.1, 0.15) is 10.5 Å². The highest BCUT2D eigenvalue weighted by atomic mass is 79.9. The smallest absolute Gasteiger partial charge is 0.269 e. The number of amides is 1. The predicted molar refractivity (Wildman–Crippen MR) is 39.4 cm³/mol. The molecule has 1 amide bonds. The Kier molecular flexibility index (Phi) is 1.76. The fourth-order valence-corrected chi connectivity index (χ4v) is 0.861. The van der Waals surface area contributed by atoms with Crippen LogP contribution in [-0.4, -0.2) is 15.7 Å². The van der Waals surface area contributed by atoms with Gasteiger partial charge in [0, 0.05) is 13.1 Å². The fraction of sp³-hybridized carbons (Fsp3) is 0.200. The van der Waals surface area contributed by atoms with Gasteiger partial charge in [0.05, 0.1) is 0 Å². The number of aromatic nitrogens is 2. The Hall–Kier alpha value is -0.840. The molecule has 1 heterocycles. The number of nitrogens with two attached hydrogens (primary N) is 1. The highest BCUT2D eigenvalue weighted by molar-refractivity contribution is 9.10. The van der Waals surface area contributed by atoms with Crippen molar-refractivity contribution >= 4 is 21.8 Å². The molecule has 0 aliphatic heterocycles. The van der Waals surface area contributed by atoms with E-state index >= 15 is 0 Å². The third-order valence-corrected chi connectivity index (χ3v) is 1.82. The molecule has 0 atom stereocenters. The van der Waals surface area contributed by atoms with Crippen LogP contribution in [0, 0.1) is 0 Å². The van der Waals surface area contributed by atoms with Crippen LogP contribution in [0.4, 0.5) is 0 Å². The van der Waals surface area contributed by atoms with E-state index in [1.165, 1.54) is 4.68 Å². The molecule has 2 N–H and O–H groups in total. The first-order valence-electron chi connectivity index (χ1n) is 2.60. The number of hydrogen-bond acceptors (Lipinski definition) is 2. The average molecular weight is 204 g/mol. The van der Waals surface area contributed by atoms with Crippen LogP contribution in [-0.2, 0) is 7.05 Å². The molecular weight excluding hydrogens is 198 g/mol. The van der Waals surface area contributed by atoms with Crippen LogP contribution in [0.2, 0.25) is 0 Å². The maximum absolute atomic E-state index is 10.5. The number of rotatable bonds is 1. The molecule has 0 spiro atoms. The maximum atomic E-state index is 10.5. The van der Waals surface area contributed by atoms with Crippen LogP contribution < -0.4 is 5.73 Å². The van der Waals surface area contributed by atoms with Crippen molar-refractivity contribution in [3.63, 3.8) is 0 Å². The molecule has 0 saturated heterocycles. The summed E-state index contributed by atoms with van der Waals surface area (Å²) in [6, 6.07) is 1.57. The van der Waals surface area contributed by atoms with Crippen LogP contribution in [0.5, 0.6) is 0 Å². The van der Waals surface area contributed by atoms with Gasteiger partial charge >= 0.3 is 0 Å². The maximum Gasteiger partial charge on any atom is 0.269 e. The molecule has 1 aromatic rings. The van der Waals surface area contributed by atoms with E-state index in [4.69, 9.17) is 5.73 Å². The summed E-state index contributed by atoms with van der Waals surface area (Å²) in [4.78, 5) is 10.5. The van der Waals surface area contributed by atoms with Gasteiger partial charge in [0.25, 0.3) is 5.91 Å². The molecule has 1 aromatic heterocycles. The van der Waals surface area contributed by atoms with Gasteiger partial charge in [-0.3, -0.25) is 9.48 Å². The zero-order valence-electron chi connectivity index (χ0n) is 5.34. The lowest BCUT2D eigenvalue weighted by atomic mass is 10.4. The van der Waals surface area contributed by atoms with Crippen molar-refractivity contribution in [1.82, 2.24) is 9.78 Å². The molecule has 0 aliphatic carbocycles. The summed E-state index contributed by atoms with van der Waals surface area (Å²) in [7, 11) is 1.72. The first kappa shape index (κ1) is 7.27. The van der Waals surface area contributed by atoms with E-state index in [0.717, 1.165) is 4.60 Å². The van der Waals surface area contributed by atoms with Crippen LogP contribution in [0.25, 0.3) is 0 Å². The number of aryl methyl sites for hydroxylation is 1. The summed E-state index contributed by atoms with van der Waals surface area (Å²) in [6.45, 7) is 0. The monoisotopic (exact) mass is 203 g/mol. The molecule has 0 radical (unpaired) electrons. The lowest BCUT2D eigenvalue weighted by molar-refractivity contribution is 0.0995. The van der Waals surface area contributed by atoms with Gasteiger partial charge in [-0.25, -0.2) is 0 Å². The Morgan fingerprint density at radius 1 is 1.90 bits per heavy atom. The van der Waals surface area contributed by atoms with Gasteiger partial charge in [-0.15, -0.1) is 0 Å². The molecule has 5 heteroatoms. The Morgan fingerprint density at radius 3 is 2.70 bits per heavy atom. The van der Waals surface area contributed by atoms with Crippen molar-refractivity contribution in [3.05, 3.63) is 16.4 Å². The lowest BCUT2D eigenvalue weighted by Gasteiger charge is -1.86. The van der Waals surface area contributed by atoms with Crippen molar-refractivity contribution in [1.29, 1.82) is 0 Å².